The van der Waals surface area contributed by atoms with Crippen molar-refractivity contribution in [3.8, 4) is 0 Å². The third-order valence-electron chi connectivity index (χ3n) is 4.06. The lowest BCUT2D eigenvalue weighted by Gasteiger charge is -2.19. The van der Waals surface area contributed by atoms with Crippen LogP contribution in [0.2, 0.25) is 0 Å². The Hall–Kier alpha value is -2.18. The fourth-order valence-electron chi connectivity index (χ4n) is 2.38. The Labute approximate surface area is 167 Å². The minimum Gasteiger partial charge on any atom is -0.436 e. The van der Waals surface area contributed by atoms with E-state index in [0.717, 1.165) is 16.7 Å². The van der Waals surface area contributed by atoms with Gasteiger partial charge in [0.2, 0.25) is 12.6 Å². The van der Waals surface area contributed by atoms with Crippen LogP contribution in [-0.4, -0.2) is 24.5 Å². The molecule has 6 nitrogen and oxygen atoms in total. The van der Waals surface area contributed by atoms with Crippen molar-refractivity contribution < 1.29 is 28.5 Å². The number of esters is 2. The first-order chi connectivity index (χ1) is 13.5. The summed E-state index contributed by atoms with van der Waals surface area (Å²) in [5.74, 6) is -0.569. The Morgan fingerprint density at radius 1 is 0.929 bits per heavy atom. The highest BCUT2D eigenvalue weighted by Crippen LogP contribution is 2.18. The molecule has 0 saturated carbocycles. The Morgan fingerprint density at radius 3 is 1.93 bits per heavy atom. The first kappa shape index (κ1) is 23.9. The van der Waals surface area contributed by atoms with Gasteiger partial charge in [0.15, 0.2) is 0 Å². The molecule has 1 aromatic carbocycles. The molecule has 2 unspecified atom stereocenters. The zero-order valence-corrected chi connectivity index (χ0v) is 17.4. The van der Waals surface area contributed by atoms with Crippen LogP contribution in [0.5, 0.6) is 0 Å². The number of ether oxygens (including phenoxy) is 4. The maximum Gasteiger partial charge on any atom is 0.307 e. The highest BCUT2D eigenvalue weighted by Gasteiger charge is 2.14. The van der Waals surface area contributed by atoms with Gasteiger partial charge in [-0.2, -0.15) is 0 Å². The smallest absolute Gasteiger partial charge is 0.307 e. The second-order valence-corrected chi connectivity index (χ2v) is 6.22. The summed E-state index contributed by atoms with van der Waals surface area (Å²) in [4.78, 5) is 22.9. The van der Waals surface area contributed by atoms with Gasteiger partial charge in [-0.25, -0.2) is 0 Å². The molecule has 0 bridgehead atoms. The maximum atomic E-state index is 11.5. The minimum absolute atomic E-state index is 0.282. The third kappa shape index (κ3) is 8.23. The second-order valence-electron chi connectivity index (χ2n) is 6.22. The molecule has 0 amide bonds. The van der Waals surface area contributed by atoms with E-state index in [1.807, 2.05) is 32.0 Å². The molecule has 0 N–H and O–H groups in total. The van der Waals surface area contributed by atoms with Crippen molar-refractivity contribution >= 4 is 18.0 Å². The van der Waals surface area contributed by atoms with Crippen molar-refractivity contribution in [1.82, 2.24) is 0 Å². The van der Waals surface area contributed by atoms with Crippen LogP contribution in [0.25, 0.3) is 6.08 Å². The molecule has 1 rings (SSSR count). The van der Waals surface area contributed by atoms with E-state index in [1.54, 1.807) is 19.9 Å². The standard InChI is InChI=1S/C22H32O6/c1-6-17-12-11-16(14-25-21(9-4)27-19(23)7-2)13-18(17)15-26-22(10-5)28-20(24)8-3/h6,11-13,21-22H,1,7-10,14-15H2,2-5H3. The molecule has 0 spiro atoms. The van der Waals surface area contributed by atoms with Gasteiger partial charge in [0, 0.05) is 25.7 Å². The van der Waals surface area contributed by atoms with E-state index in [0.29, 0.717) is 32.3 Å². The predicted octanol–water partition coefficient (Wildman–Crippen LogP) is 4.74. The highest BCUT2D eigenvalue weighted by molar-refractivity contribution is 5.69. The molecule has 0 fully saturated rings. The van der Waals surface area contributed by atoms with E-state index in [1.165, 1.54) is 0 Å². The van der Waals surface area contributed by atoms with Gasteiger partial charge >= 0.3 is 11.9 Å². The Bertz CT molecular complexity index is 640. The summed E-state index contributed by atoms with van der Waals surface area (Å²) < 4.78 is 22.0. The van der Waals surface area contributed by atoms with E-state index in [-0.39, 0.29) is 18.5 Å². The number of hydrogen-bond donors (Lipinski definition) is 0. The zero-order chi connectivity index (χ0) is 20.9. The van der Waals surface area contributed by atoms with E-state index in [2.05, 4.69) is 6.58 Å². The van der Waals surface area contributed by atoms with Gasteiger partial charge in [0.25, 0.3) is 0 Å². The Morgan fingerprint density at radius 2 is 1.46 bits per heavy atom. The predicted molar refractivity (Wildman–Crippen MR) is 107 cm³/mol. The zero-order valence-electron chi connectivity index (χ0n) is 17.4. The lowest BCUT2D eigenvalue weighted by atomic mass is 10.0. The average Bonchev–Trinajstić information content (AvgIpc) is 2.73. The molecular weight excluding hydrogens is 360 g/mol. The summed E-state index contributed by atoms with van der Waals surface area (Å²) in [7, 11) is 0. The SMILES string of the molecule is C=Cc1ccc(COC(CC)OC(=O)CC)cc1COC(CC)OC(=O)CC. The van der Waals surface area contributed by atoms with Crippen LogP contribution >= 0.6 is 0 Å². The first-order valence-electron chi connectivity index (χ1n) is 9.83. The second kappa shape index (κ2) is 13.1. The average molecular weight is 392 g/mol. The van der Waals surface area contributed by atoms with Crippen LogP contribution in [0.1, 0.15) is 70.1 Å². The number of carbonyl (C=O) groups is 2. The van der Waals surface area contributed by atoms with E-state index < -0.39 is 12.6 Å². The van der Waals surface area contributed by atoms with Crippen molar-refractivity contribution in [1.29, 1.82) is 0 Å². The molecule has 6 heteroatoms. The fourth-order valence-corrected chi connectivity index (χ4v) is 2.38. The van der Waals surface area contributed by atoms with Crippen molar-refractivity contribution in [2.75, 3.05) is 0 Å². The molecule has 156 valence electrons. The summed E-state index contributed by atoms with van der Waals surface area (Å²) in [5.41, 5.74) is 2.78. The van der Waals surface area contributed by atoms with Gasteiger partial charge in [-0.3, -0.25) is 9.59 Å². The van der Waals surface area contributed by atoms with Crippen LogP contribution < -0.4 is 0 Å². The first-order valence-corrected chi connectivity index (χ1v) is 9.83. The lowest BCUT2D eigenvalue weighted by Crippen LogP contribution is -2.21. The molecule has 0 saturated heterocycles. The van der Waals surface area contributed by atoms with Crippen molar-refractivity contribution in [2.45, 2.75) is 79.2 Å². The maximum absolute atomic E-state index is 11.5. The molecular formula is C22H32O6. The fraction of sp³-hybridized carbons (Fsp3) is 0.545. The topological polar surface area (TPSA) is 71.1 Å². The van der Waals surface area contributed by atoms with Gasteiger partial charge in [0.1, 0.15) is 0 Å². The lowest BCUT2D eigenvalue weighted by molar-refractivity contribution is -0.182. The molecule has 0 heterocycles. The van der Waals surface area contributed by atoms with Gasteiger partial charge in [-0.15, -0.1) is 0 Å². The normalized spacial score (nSPS) is 12.9. The van der Waals surface area contributed by atoms with Crippen LogP contribution in [0.4, 0.5) is 0 Å². The Kier molecular flexibility index (Phi) is 11.1. The van der Waals surface area contributed by atoms with E-state index in [4.69, 9.17) is 18.9 Å². The number of carbonyl (C=O) groups excluding carboxylic acids is 2. The summed E-state index contributed by atoms with van der Waals surface area (Å²) in [6.07, 6.45) is 2.38. The molecule has 0 aliphatic carbocycles. The molecule has 0 aliphatic rings. The number of rotatable bonds is 13. The number of benzene rings is 1. The van der Waals surface area contributed by atoms with E-state index >= 15 is 0 Å². The van der Waals surface area contributed by atoms with E-state index in [9.17, 15) is 9.59 Å². The minimum atomic E-state index is -0.581. The van der Waals surface area contributed by atoms with Gasteiger partial charge in [-0.05, 0) is 16.7 Å². The Balaban J connectivity index is 2.75. The molecule has 0 aliphatic heterocycles. The van der Waals surface area contributed by atoms with Crippen LogP contribution in [-0.2, 0) is 41.8 Å². The van der Waals surface area contributed by atoms with Crippen LogP contribution in [0, 0.1) is 0 Å². The van der Waals surface area contributed by atoms with Crippen molar-refractivity contribution in [3.63, 3.8) is 0 Å². The molecule has 2 atom stereocenters. The summed E-state index contributed by atoms with van der Waals surface area (Å²) in [5, 5.41) is 0. The van der Waals surface area contributed by atoms with Crippen molar-refractivity contribution in [2.24, 2.45) is 0 Å². The van der Waals surface area contributed by atoms with Gasteiger partial charge < -0.3 is 18.9 Å². The van der Waals surface area contributed by atoms with Gasteiger partial charge in [0.05, 0.1) is 13.2 Å². The quantitative estimate of drug-likeness (QED) is 0.357. The van der Waals surface area contributed by atoms with Crippen LogP contribution in [0.15, 0.2) is 24.8 Å². The summed E-state index contributed by atoms with van der Waals surface area (Å²) in [6.45, 7) is 11.7. The molecule has 1 aromatic rings. The molecule has 28 heavy (non-hydrogen) atoms. The van der Waals surface area contributed by atoms with Crippen LogP contribution in [0.3, 0.4) is 0 Å². The molecule has 0 radical (unpaired) electrons. The number of hydrogen-bond acceptors (Lipinski definition) is 6. The summed E-state index contributed by atoms with van der Waals surface area (Å²) >= 11 is 0. The van der Waals surface area contributed by atoms with Crippen molar-refractivity contribution in [3.05, 3.63) is 41.5 Å². The monoisotopic (exact) mass is 392 g/mol. The highest BCUT2D eigenvalue weighted by atomic mass is 16.7. The third-order valence-corrected chi connectivity index (χ3v) is 4.06. The summed E-state index contributed by atoms with van der Waals surface area (Å²) in [6, 6.07) is 5.82. The largest absolute Gasteiger partial charge is 0.436 e. The molecule has 0 aromatic heterocycles. The van der Waals surface area contributed by atoms with Gasteiger partial charge in [-0.1, -0.05) is 58.5 Å².